The van der Waals surface area contributed by atoms with E-state index in [0.717, 1.165) is 0 Å². The van der Waals surface area contributed by atoms with E-state index in [9.17, 15) is 4.79 Å². The van der Waals surface area contributed by atoms with Crippen molar-refractivity contribution in [1.82, 2.24) is 15.0 Å². The molecular formula is C10H8N6O2. The SMILES string of the molecule is COc1ccccc1-n1cc(C(=O)N=[N+]=[N-])nn1. The zero-order valence-corrected chi connectivity index (χ0v) is 9.39. The second kappa shape index (κ2) is 4.98. The Hall–Kier alpha value is -2.86. The molecule has 0 aliphatic rings. The van der Waals surface area contributed by atoms with Crippen LogP contribution in [0.5, 0.6) is 5.75 Å². The Bertz CT molecular complexity index is 629. The molecule has 0 aliphatic carbocycles. The molecular weight excluding hydrogens is 236 g/mol. The topological polar surface area (TPSA) is 106 Å². The Morgan fingerprint density at radius 2 is 2.28 bits per heavy atom. The summed E-state index contributed by atoms with van der Waals surface area (Å²) in [5.74, 6) is -0.191. The first-order chi connectivity index (χ1) is 8.76. The molecule has 0 bridgehead atoms. The zero-order chi connectivity index (χ0) is 13.0. The van der Waals surface area contributed by atoms with Crippen LogP contribution in [-0.2, 0) is 0 Å². The smallest absolute Gasteiger partial charge is 0.270 e. The number of benzene rings is 1. The molecule has 2 aromatic rings. The predicted molar refractivity (Wildman–Crippen MR) is 61.4 cm³/mol. The van der Waals surface area contributed by atoms with Crippen molar-refractivity contribution < 1.29 is 9.53 Å². The van der Waals surface area contributed by atoms with Crippen molar-refractivity contribution in [1.29, 1.82) is 0 Å². The van der Waals surface area contributed by atoms with Crippen LogP contribution in [0.1, 0.15) is 10.5 Å². The van der Waals surface area contributed by atoms with Gasteiger partial charge in [0.15, 0.2) is 5.69 Å². The van der Waals surface area contributed by atoms with Crippen molar-refractivity contribution in [3.8, 4) is 11.4 Å². The van der Waals surface area contributed by atoms with E-state index in [4.69, 9.17) is 10.3 Å². The number of carbonyl (C=O) groups is 1. The molecule has 0 fully saturated rings. The van der Waals surface area contributed by atoms with E-state index in [-0.39, 0.29) is 5.69 Å². The summed E-state index contributed by atoms with van der Waals surface area (Å²) in [4.78, 5) is 13.7. The lowest BCUT2D eigenvalue weighted by Crippen LogP contribution is -1.98. The number of rotatable bonds is 3. The van der Waals surface area contributed by atoms with Crippen LogP contribution >= 0.6 is 0 Å². The highest BCUT2D eigenvalue weighted by molar-refractivity contribution is 5.92. The molecule has 1 heterocycles. The Balaban J connectivity index is 2.41. The summed E-state index contributed by atoms with van der Waals surface area (Å²) in [6.07, 6.45) is 1.37. The molecule has 8 heteroatoms. The molecule has 8 nitrogen and oxygen atoms in total. The van der Waals surface area contributed by atoms with Gasteiger partial charge in [0.1, 0.15) is 11.4 Å². The molecule has 0 N–H and O–H groups in total. The van der Waals surface area contributed by atoms with Gasteiger partial charge in [-0.3, -0.25) is 4.79 Å². The van der Waals surface area contributed by atoms with Crippen molar-refractivity contribution in [3.63, 3.8) is 0 Å². The van der Waals surface area contributed by atoms with Gasteiger partial charge < -0.3 is 4.74 Å². The summed E-state index contributed by atoms with van der Waals surface area (Å²) < 4.78 is 6.54. The highest BCUT2D eigenvalue weighted by atomic mass is 16.5. The van der Waals surface area contributed by atoms with Gasteiger partial charge in [0.05, 0.1) is 13.3 Å². The molecule has 1 aromatic heterocycles. The summed E-state index contributed by atoms with van der Waals surface area (Å²) in [7, 11) is 1.53. The number of hydrogen-bond acceptors (Lipinski definition) is 4. The summed E-state index contributed by atoms with van der Waals surface area (Å²) in [5.41, 5.74) is 8.77. The molecule has 2 rings (SSSR count). The molecule has 0 saturated heterocycles. The Morgan fingerprint density at radius 1 is 1.50 bits per heavy atom. The van der Waals surface area contributed by atoms with E-state index >= 15 is 0 Å². The van der Waals surface area contributed by atoms with Crippen molar-refractivity contribution in [2.45, 2.75) is 0 Å². The van der Waals surface area contributed by atoms with Crippen LogP contribution in [0.25, 0.3) is 16.1 Å². The second-order valence-corrected chi connectivity index (χ2v) is 3.21. The van der Waals surface area contributed by atoms with Gasteiger partial charge in [-0.05, 0) is 22.8 Å². The van der Waals surface area contributed by atoms with E-state index in [2.05, 4.69) is 20.3 Å². The third-order valence-corrected chi connectivity index (χ3v) is 2.18. The number of aromatic nitrogens is 3. The number of carbonyl (C=O) groups excluding carboxylic acids is 1. The minimum Gasteiger partial charge on any atom is -0.494 e. The number of amides is 1. The number of methoxy groups -OCH3 is 1. The Morgan fingerprint density at radius 3 is 3.00 bits per heavy atom. The molecule has 1 amide bonds. The molecule has 0 saturated carbocycles. The second-order valence-electron chi connectivity index (χ2n) is 3.21. The average molecular weight is 244 g/mol. The van der Waals surface area contributed by atoms with Crippen molar-refractivity contribution in [2.75, 3.05) is 7.11 Å². The van der Waals surface area contributed by atoms with Crippen LogP contribution in [0.3, 0.4) is 0 Å². The van der Waals surface area contributed by atoms with Crippen molar-refractivity contribution >= 4 is 5.91 Å². The van der Waals surface area contributed by atoms with Gasteiger partial charge in [-0.15, -0.1) is 5.10 Å². The van der Waals surface area contributed by atoms with Gasteiger partial charge in [0.2, 0.25) is 0 Å². The summed E-state index contributed by atoms with van der Waals surface area (Å²) >= 11 is 0. The van der Waals surface area contributed by atoms with Crippen LogP contribution in [0, 0.1) is 0 Å². The number of nitrogens with zero attached hydrogens (tertiary/aromatic N) is 6. The highest BCUT2D eigenvalue weighted by Gasteiger charge is 2.11. The number of ether oxygens (including phenoxy) is 1. The standard InChI is InChI=1S/C10H8N6O2/c1-18-9-5-3-2-4-8(9)16-6-7(12-15-16)10(17)13-14-11/h2-6H,1H3. The Kier molecular flexibility index (Phi) is 3.22. The first-order valence-corrected chi connectivity index (χ1v) is 4.91. The number of hydrogen-bond donors (Lipinski definition) is 0. The zero-order valence-electron chi connectivity index (χ0n) is 9.39. The molecule has 90 valence electrons. The molecule has 0 radical (unpaired) electrons. The summed E-state index contributed by atoms with van der Waals surface area (Å²) in [5, 5.41) is 10.3. The van der Waals surface area contributed by atoms with Crippen molar-refractivity contribution in [3.05, 3.63) is 46.6 Å². The molecule has 18 heavy (non-hydrogen) atoms. The van der Waals surface area contributed by atoms with Gasteiger partial charge in [0, 0.05) is 4.91 Å². The lowest BCUT2D eigenvalue weighted by atomic mass is 10.3. The third kappa shape index (κ3) is 2.13. The maximum atomic E-state index is 11.3. The van der Waals surface area contributed by atoms with E-state index in [1.165, 1.54) is 18.0 Å². The first kappa shape index (κ1) is 11.6. The average Bonchev–Trinajstić information content (AvgIpc) is 2.88. The van der Waals surface area contributed by atoms with E-state index in [1.54, 1.807) is 18.2 Å². The van der Waals surface area contributed by atoms with Gasteiger partial charge in [-0.25, -0.2) is 4.68 Å². The Labute approximate surface area is 101 Å². The van der Waals surface area contributed by atoms with Crippen molar-refractivity contribution in [2.24, 2.45) is 5.11 Å². The minimum absolute atomic E-state index is 0.0290. The molecule has 1 aromatic carbocycles. The molecule has 0 aliphatic heterocycles. The first-order valence-electron chi connectivity index (χ1n) is 4.91. The fraction of sp³-hybridized carbons (Fsp3) is 0.100. The van der Waals surface area contributed by atoms with Gasteiger partial charge in [-0.1, -0.05) is 17.3 Å². The van der Waals surface area contributed by atoms with E-state index < -0.39 is 5.91 Å². The van der Waals surface area contributed by atoms with Gasteiger partial charge in [0.25, 0.3) is 5.91 Å². The lowest BCUT2D eigenvalue weighted by Gasteiger charge is -2.06. The van der Waals surface area contributed by atoms with Crippen LogP contribution in [0.4, 0.5) is 0 Å². The van der Waals surface area contributed by atoms with Crippen LogP contribution in [0.15, 0.2) is 35.6 Å². The minimum atomic E-state index is -0.779. The van der Waals surface area contributed by atoms with Crippen LogP contribution < -0.4 is 4.74 Å². The molecule has 0 spiro atoms. The maximum Gasteiger partial charge on any atom is 0.270 e. The van der Waals surface area contributed by atoms with Gasteiger partial charge >= 0.3 is 0 Å². The molecule has 0 atom stereocenters. The predicted octanol–water partition coefficient (Wildman–Crippen LogP) is 1.73. The quantitative estimate of drug-likeness (QED) is 0.465. The normalized spacial score (nSPS) is 9.61. The van der Waals surface area contributed by atoms with Crippen LogP contribution in [-0.4, -0.2) is 28.0 Å². The van der Waals surface area contributed by atoms with E-state index in [1.807, 2.05) is 6.07 Å². The largest absolute Gasteiger partial charge is 0.494 e. The third-order valence-electron chi connectivity index (χ3n) is 2.18. The summed E-state index contributed by atoms with van der Waals surface area (Å²) in [6, 6.07) is 7.13. The number of azide groups is 1. The van der Waals surface area contributed by atoms with E-state index in [0.29, 0.717) is 11.4 Å². The van der Waals surface area contributed by atoms with Gasteiger partial charge in [-0.2, -0.15) is 0 Å². The fourth-order valence-corrected chi connectivity index (χ4v) is 1.39. The molecule has 0 unspecified atom stereocenters. The lowest BCUT2D eigenvalue weighted by molar-refractivity contribution is 0.0995. The van der Waals surface area contributed by atoms with Crippen LogP contribution in [0.2, 0.25) is 0 Å². The monoisotopic (exact) mass is 244 g/mol. The maximum absolute atomic E-state index is 11.3. The highest BCUT2D eigenvalue weighted by Crippen LogP contribution is 2.21. The summed E-state index contributed by atoms with van der Waals surface area (Å²) in [6.45, 7) is 0. The number of para-hydroxylation sites is 2. The fourth-order valence-electron chi connectivity index (χ4n) is 1.39.